The Morgan fingerprint density at radius 2 is 1.84 bits per heavy atom. The standard InChI is InChI=1S/C17H24ClN3O4/c1-4-21(5-2)15(22)11-19-17(24)20-14(10-16(23)25-3)12-8-6-7-9-13(12)18/h6-9,14H,4-5,10-11H2,1-3H3,(H2,19,20,24). The highest BCUT2D eigenvalue weighted by Crippen LogP contribution is 2.25. The van der Waals surface area contributed by atoms with Crippen LogP contribution >= 0.6 is 11.6 Å². The monoisotopic (exact) mass is 369 g/mol. The van der Waals surface area contributed by atoms with Crippen LogP contribution in [0.15, 0.2) is 24.3 Å². The molecule has 0 aliphatic carbocycles. The van der Waals surface area contributed by atoms with Gasteiger partial charge in [-0.05, 0) is 25.5 Å². The Hall–Kier alpha value is -2.28. The van der Waals surface area contributed by atoms with Crippen molar-refractivity contribution in [1.82, 2.24) is 15.5 Å². The second-order valence-corrected chi connectivity index (χ2v) is 5.65. The minimum absolute atomic E-state index is 0.0718. The number of carbonyl (C=O) groups excluding carboxylic acids is 3. The average Bonchev–Trinajstić information content (AvgIpc) is 2.60. The van der Waals surface area contributed by atoms with E-state index in [9.17, 15) is 14.4 Å². The summed E-state index contributed by atoms with van der Waals surface area (Å²) in [6.07, 6.45) is -0.0718. The molecule has 0 fully saturated rings. The summed E-state index contributed by atoms with van der Waals surface area (Å²) in [5.74, 6) is -0.660. The minimum Gasteiger partial charge on any atom is -0.469 e. The van der Waals surface area contributed by atoms with Crippen LogP contribution in [-0.2, 0) is 14.3 Å². The van der Waals surface area contributed by atoms with Crippen molar-refractivity contribution in [3.63, 3.8) is 0 Å². The average molecular weight is 370 g/mol. The Kier molecular flexibility index (Phi) is 8.77. The lowest BCUT2D eigenvalue weighted by molar-refractivity contribution is -0.141. The van der Waals surface area contributed by atoms with Crippen molar-refractivity contribution in [2.75, 3.05) is 26.7 Å². The maximum absolute atomic E-state index is 12.1. The number of hydrogen-bond acceptors (Lipinski definition) is 4. The van der Waals surface area contributed by atoms with E-state index >= 15 is 0 Å². The topological polar surface area (TPSA) is 87.7 Å². The molecule has 1 aromatic rings. The lowest BCUT2D eigenvalue weighted by atomic mass is 10.0. The summed E-state index contributed by atoms with van der Waals surface area (Å²) >= 11 is 6.15. The highest BCUT2D eigenvalue weighted by Gasteiger charge is 2.21. The van der Waals surface area contributed by atoms with Gasteiger partial charge in [-0.15, -0.1) is 0 Å². The molecule has 8 heteroatoms. The third-order valence-corrected chi connectivity index (χ3v) is 4.04. The van der Waals surface area contributed by atoms with E-state index in [1.165, 1.54) is 7.11 Å². The molecule has 0 aliphatic rings. The smallest absolute Gasteiger partial charge is 0.315 e. The van der Waals surface area contributed by atoms with Gasteiger partial charge in [-0.3, -0.25) is 9.59 Å². The summed E-state index contributed by atoms with van der Waals surface area (Å²) in [6, 6.07) is 5.68. The van der Waals surface area contributed by atoms with Crippen molar-refractivity contribution in [3.8, 4) is 0 Å². The van der Waals surface area contributed by atoms with Crippen LogP contribution < -0.4 is 10.6 Å². The van der Waals surface area contributed by atoms with Crippen LogP contribution in [0.1, 0.15) is 31.9 Å². The largest absolute Gasteiger partial charge is 0.469 e. The van der Waals surface area contributed by atoms with E-state index in [0.717, 1.165) is 0 Å². The molecule has 2 N–H and O–H groups in total. The van der Waals surface area contributed by atoms with Crippen LogP contribution in [0.5, 0.6) is 0 Å². The molecule has 1 unspecified atom stereocenters. The van der Waals surface area contributed by atoms with Gasteiger partial charge in [0, 0.05) is 18.1 Å². The van der Waals surface area contributed by atoms with Gasteiger partial charge in [-0.1, -0.05) is 29.8 Å². The Morgan fingerprint density at radius 1 is 1.20 bits per heavy atom. The van der Waals surface area contributed by atoms with Gasteiger partial charge in [0.2, 0.25) is 5.91 Å². The van der Waals surface area contributed by atoms with Crippen molar-refractivity contribution in [3.05, 3.63) is 34.9 Å². The zero-order valence-corrected chi connectivity index (χ0v) is 15.4. The number of likely N-dealkylation sites (N-methyl/N-ethyl adjacent to an activating group) is 1. The second kappa shape index (κ2) is 10.6. The summed E-state index contributed by atoms with van der Waals surface area (Å²) < 4.78 is 4.67. The highest BCUT2D eigenvalue weighted by molar-refractivity contribution is 6.31. The number of nitrogens with one attached hydrogen (secondary N) is 2. The number of amides is 3. The van der Waals surface area contributed by atoms with E-state index in [0.29, 0.717) is 23.7 Å². The molecule has 0 bridgehead atoms. The number of ether oxygens (including phenoxy) is 1. The summed E-state index contributed by atoms with van der Waals surface area (Å²) in [6.45, 7) is 4.75. The van der Waals surface area contributed by atoms with Crippen molar-refractivity contribution in [1.29, 1.82) is 0 Å². The fraction of sp³-hybridized carbons (Fsp3) is 0.471. The number of rotatable bonds is 8. The molecular weight excluding hydrogens is 346 g/mol. The van der Waals surface area contributed by atoms with Gasteiger partial charge in [-0.2, -0.15) is 0 Å². The van der Waals surface area contributed by atoms with Crippen LogP contribution in [0.4, 0.5) is 4.79 Å². The lowest BCUT2D eigenvalue weighted by Crippen LogP contribution is -2.45. The molecule has 1 aromatic carbocycles. The van der Waals surface area contributed by atoms with Gasteiger partial charge in [0.15, 0.2) is 0 Å². The highest BCUT2D eigenvalue weighted by atomic mass is 35.5. The van der Waals surface area contributed by atoms with E-state index in [1.807, 2.05) is 13.8 Å². The number of benzene rings is 1. The number of halogens is 1. The Labute approximate surface area is 152 Å². The van der Waals surface area contributed by atoms with Gasteiger partial charge in [-0.25, -0.2) is 4.79 Å². The second-order valence-electron chi connectivity index (χ2n) is 5.25. The van der Waals surface area contributed by atoms with Crippen molar-refractivity contribution < 1.29 is 19.1 Å². The van der Waals surface area contributed by atoms with Gasteiger partial charge in [0.05, 0.1) is 26.1 Å². The van der Waals surface area contributed by atoms with Crippen LogP contribution in [0.3, 0.4) is 0 Å². The summed E-state index contributed by atoms with van der Waals surface area (Å²) in [5.41, 5.74) is 0.597. The van der Waals surface area contributed by atoms with Crippen molar-refractivity contribution in [2.45, 2.75) is 26.3 Å². The Balaban J connectivity index is 2.74. The fourth-order valence-electron chi connectivity index (χ4n) is 2.30. The quantitative estimate of drug-likeness (QED) is 0.687. The SMILES string of the molecule is CCN(CC)C(=O)CNC(=O)NC(CC(=O)OC)c1ccccc1Cl. The number of hydrogen-bond donors (Lipinski definition) is 2. The summed E-state index contributed by atoms with van der Waals surface area (Å²) in [7, 11) is 1.27. The Morgan fingerprint density at radius 3 is 2.40 bits per heavy atom. The first-order valence-electron chi connectivity index (χ1n) is 8.06. The van der Waals surface area contributed by atoms with Crippen LogP contribution in [0.2, 0.25) is 5.02 Å². The van der Waals surface area contributed by atoms with Gasteiger partial charge < -0.3 is 20.3 Å². The molecule has 0 radical (unpaired) electrons. The maximum Gasteiger partial charge on any atom is 0.315 e. The molecule has 0 aliphatic heterocycles. The van der Waals surface area contributed by atoms with Crippen molar-refractivity contribution in [2.24, 2.45) is 0 Å². The number of carbonyl (C=O) groups is 3. The zero-order valence-electron chi connectivity index (χ0n) is 14.7. The first-order valence-corrected chi connectivity index (χ1v) is 8.44. The fourth-order valence-corrected chi connectivity index (χ4v) is 2.57. The third kappa shape index (κ3) is 6.62. The normalized spacial score (nSPS) is 11.4. The number of urea groups is 1. The first-order chi connectivity index (χ1) is 11.9. The molecule has 138 valence electrons. The molecule has 1 atom stereocenters. The number of methoxy groups -OCH3 is 1. The summed E-state index contributed by atoms with van der Waals surface area (Å²) in [5, 5.41) is 5.60. The van der Waals surface area contributed by atoms with Gasteiger partial charge >= 0.3 is 12.0 Å². The van der Waals surface area contributed by atoms with Gasteiger partial charge in [0.1, 0.15) is 0 Å². The Bertz CT molecular complexity index is 605. The van der Waals surface area contributed by atoms with E-state index < -0.39 is 18.0 Å². The van der Waals surface area contributed by atoms with Crippen LogP contribution in [0.25, 0.3) is 0 Å². The molecule has 0 saturated carbocycles. The maximum atomic E-state index is 12.1. The first kappa shape index (κ1) is 20.8. The van der Waals surface area contributed by atoms with Crippen LogP contribution in [0, 0.1) is 0 Å². The molecule has 0 saturated heterocycles. The van der Waals surface area contributed by atoms with Crippen molar-refractivity contribution >= 4 is 29.5 Å². The minimum atomic E-state index is -0.662. The number of esters is 1. The van der Waals surface area contributed by atoms with E-state index in [1.54, 1.807) is 29.2 Å². The lowest BCUT2D eigenvalue weighted by Gasteiger charge is -2.21. The molecule has 0 aromatic heterocycles. The van der Waals surface area contributed by atoms with Crippen LogP contribution in [-0.4, -0.2) is 49.6 Å². The molecular formula is C17H24ClN3O4. The van der Waals surface area contributed by atoms with E-state index in [-0.39, 0.29) is 18.9 Å². The van der Waals surface area contributed by atoms with E-state index in [4.69, 9.17) is 11.6 Å². The zero-order chi connectivity index (χ0) is 18.8. The predicted molar refractivity (Wildman–Crippen MR) is 95.3 cm³/mol. The molecule has 3 amide bonds. The number of nitrogens with zero attached hydrogens (tertiary/aromatic N) is 1. The molecule has 0 heterocycles. The molecule has 25 heavy (non-hydrogen) atoms. The molecule has 1 rings (SSSR count). The summed E-state index contributed by atoms with van der Waals surface area (Å²) in [4.78, 5) is 37.3. The molecule has 7 nitrogen and oxygen atoms in total. The molecule has 0 spiro atoms. The third-order valence-electron chi connectivity index (χ3n) is 3.70. The van der Waals surface area contributed by atoms with Gasteiger partial charge in [0.25, 0.3) is 0 Å². The predicted octanol–water partition coefficient (Wildman–Crippen LogP) is 2.11. The van der Waals surface area contributed by atoms with E-state index in [2.05, 4.69) is 15.4 Å².